The Balaban J connectivity index is 3.74. The highest BCUT2D eigenvalue weighted by Gasteiger charge is 2.25. The van der Waals surface area contributed by atoms with Crippen LogP contribution in [0.2, 0.25) is 0 Å². The van der Waals surface area contributed by atoms with Gasteiger partial charge in [-0.1, -0.05) is 204 Å². The van der Waals surface area contributed by atoms with Crippen LogP contribution in [0, 0.1) is 0 Å². The van der Waals surface area contributed by atoms with Crippen LogP contribution in [0.4, 0.5) is 0 Å². The van der Waals surface area contributed by atoms with Crippen molar-refractivity contribution in [2.75, 3.05) is 20.6 Å². The van der Waals surface area contributed by atoms with Crippen LogP contribution < -0.4 is 0 Å². The standard InChI is InChI=1S/C55H105NO5/c1-56(2)52-46-45-51-55(61,49-43-39-35-31-27-23-19-15-11-7-3-5-9-13-17-21-25-29-33-37-41-47-53(57)58)50-44-40-36-32-28-24-20-16-12-8-4-6-10-14-18-22-26-30-34-38-42-48-54(59)60/h13-14,17-18,61H,3-12,15-16,19-52H2,1-2H3,(H,57,58)(H,59,60)/b17-13-,18-14-. The number of carboxylic acid groups (broad SMARTS) is 2. The second-order valence-corrected chi connectivity index (χ2v) is 19.4. The minimum Gasteiger partial charge on any atom is -0.481 e. The molecule has 0 heterocycles. The molecule has 0 rings (SSSR count). The summed E-state index contributed by atoms with van der Waals surface area (Å²) in [6.45, 7) is 1.12. The van der Waals surface area contributed by atoms with E-state index in [-0.39, 0.29) is 0 Å². The van der Waals surface area contributed by atoms with Crippen molar-refractivity contribution in [2.24, 2.45) is 0 Å². The summed E-state index contributed by atoms with van der Waals surface area (Å²) in [4.78, 5) is 23.4. The molecule has 0 spiro atoms. The Kier molecular flexibility index (Phi) is 46.5. The maximum absolute atomic E-state index is 11.7. The van der Waals surface area contributed by atoms with Crippen LogP contribution >= 0.6 is 0 Å². The number of allylic oxidation sites excluding steroid dienone is 4. The predicted molar refractivity (Wildman–Crippen MR) is 265 cm³/mol. The zero-order valence-corrected chi connectivity index (χ0v) is 40.9. The first-order valence-electron chi connectivity index (χ1n) is 26.9. The maximum Gasteiger partial charge on any atom is 0.303 e. The molecule has 6 heteroatoms. The van der Waals surface area contributed by atoms with E-state index in [0.29, 0.717) is 12.8 Å². The minimum absolute atomic E-state index is 0.320. The number of aliphatic hydroxyl groups is 1. The summed E-state index contributed by atoms with van der Waals surface area (Å²) < 4.78 is 0. The Labute approximate surface area is 380 Å². The molecular formula is C55H105NO5. The number of carbonyl (C=O) groups is 2. The largest absolute Gasteiger partial charge is 0.481 e. The van der Waals surface area contributed by atoms with E-state index in [1.165, 1.54) is 225 Å². The Hall–Kier alpha value is -1.66. The van der Waals surface area contributed by atoms with Crippen molar-refractivity contribution in [3.8, 4) is 0 Å². The third kappa shape index (κ3) is 50.9. The predicted octanol–water partition coefficient (Wildman–Crippen LogP) is 17.1. The normalized spacial score (nSPS) is 12.2. The molecule has 0 aliphatic rings. The van der Waals surface area contributed by atoms with Crippen LogP contribution in [0.5, 0.6) is 0 Å². The molecule has 0 bridgehead atoms. The number of hydrogen-bond acceptors (Lipinski definition) is 4. The molecule has 0 aromatic rings. The lowest BCUT2D eigenvalue weighted by Crippen LogP contribution is -2.29. The van der Waals surface area contributed by atoms with Crippen molar-refractivity contribution in [3.63, 3.8) is 0 Å². The summed E-state index contributed by atoms with van der Waals surface area (Å²) in [5.41, 5.74) is -0.447. The summed E-state index contributed by atoms with van der Waals surface area (Å²) >= 11 is 0. The fourth-order valence-electron chi connectivity index (χ4n) is 8.83. The van der Waals surface area contributed by atoms with Crippen LogP contribution in [-0.4, -0.2) is 58.4 Å². The SMILES string of the molecule is CN(C)CCCCC(O)(CCCCCCCCCCCCCC/C=C\CCCCCCCC(=O)O)CCCCCCCCCCCCCC/C=C\CCCCCCCC(=O)O. The van der Waals surface area contributed by atoms with Gasteiger partial charge in [-0.25, -0.2) is 0 Å². The molecule has 6 nitrogen and oxygen atoms in total. The molecule has 3 N–H and O–H groups in total. The Morgan fingerprint density at radius 3 is 0.803 bits per heavy atom. The van der Waals surface area contributed by atoms with Gasteiger partial charge in [-0.2, -0.15) is 0 Å². The van der Waals surface area contributed by atoms with Crippen molar-refractivity contribution in [1.82, 2.24) is 4.90 Å². The lowest BCUT2D eigenvalue weighted by atomic mass is 9.85. The van der Waals surface area contributed by atoms with Gasteiger partial charge in [0.25, 0.3) is 0 Å². The van der Waals surface area contributed by atoms with Gasteiger partial charge in [0.2, 0.25) is 0 Å². The summed E-state index contributed by atoms with van der Waals surface area (Å²) in [7, 11) is 4.31. The second kappa shape index (κ2) is 47.8. The van der Waals surface area contributed by atoms with Crippen molar-refractivity contribution in [3.05, 3.63) is 24.3 Å². The molecule has 0 atom stereocenters. The molecule has 61 heavy (non-hydrogen) atoms. The molecule has 0 unspecified atom stereocenters. The fraction of sp³-hybridized carbons (Fsp3) is 0.891. The van der Waals surface area contributed by atoms with E-state index in [1.54, 1.807) is 0 Å². The summed E-state index contributed by atoms with van der Waals surface area (Å²) in [6, 6.07) is 0. The zero-order valence-electron chi connectivity index (χ0n) is 40.9. The number of hydrogen-bond donors (Lipinski definition) is 3. The molecule has 0 aliphatic carbocycles. The minimum atomic E-state index is -0.668. The topological polar surface area (TPSA) is 98.1 Å². The highest BCUT2D eigenvalue weighted by atomic mass is 16.4. The molecule has 0 saturated carbocycles. The third-order valence-corrected chi connectivity index (χ3v) is 12.9. The maximum atomic E-state index is 11.7. The zero-order chi connectivity index (χ0) is 44.6. The number of aliphatic carboxylic acids is 2. The van der Waals surface area contributed by atoms with Crippen LogP contribution in [0.25, 0.3) is 0 Å². The third-order valence-electron chi connectivity index (χ3n) is 12.9. The highest BCUT2D eigenvalue weighted by Crippen LogP contribution is 2.29. The van der Waals surface area contributed by atoms with E-state index in [9.17, 15) is 14.7 Å². The average Bonchev–Trinajstić information content (AvgIpc) is 3.22. The molecule has 360 valence electrons. The molecule has 0 aliphatic heterocycles. The van der Waals surface area contributed by atoms with E-state index in [2.05, 4.69) is 43.3 Å². The van der Waals surface area contributed by atoms with Gasteiger partial charge in [0.1, 0.15) is 0 Å². The summed E-state index contributed by atoms with van der Waals surface area (Å²) in [5.74, 6) is -1.34. The number of rotatable bonds is 51. The van der Waals surface area contributed by atoms with Crippen molar-refractivity contribution in [1.29, 1.82) is 0 Å². The van der Waals surface area contributed by atoms with Gasteiger partial charge in [0.15, 0.2) is 0 Å². The fourth-order valence-corrected chi connectivity index (χ4v) is 8.83. The van der Waals surface area contributed by atoms with E-state index >= 15 is 0 Å². The summed E-state index contributed by atoms with van der Waals surface area (Å²) in [5, 5.41) is 29.1. The van der Waals surface area contributed by atoms with Crippen LogP contribution in [-0.2, 0) is 9.59 Å². The van der Waals surface area contributed by atoms with Crippen LogP contribution in [0.15, 0.2) is 24.3 Å². The Morgan fingerprint density at radius 1 is 0.344 bits per heavy atom. The van der Waals surface area contributed by atoms with Crippen LogP contribution in [0.3, 0.4) is 0 Å². The first-order valence-corrected chi connectivity index (χ1v) is 26.9. The van der Waals surface area contributed by atoms with Gasteiger partial charge in [-0.3, -0.25) is 9.59 Å². The second-order valence-electron chi connectivity index (χ2n) is 19.4. The first-order chi connectivity index (χ1) is 29.7. The Bertz CT molecular complexity index is 911. The van der Waals surface area contributed by atoms with Crippen LogP contribution in [0.1, 0.15) is 289 Å². The van der Waals surface area contributed by atoms with Gasteiger partial charge in [0, 0.05) is 12.8 Å². The van der Waals surface area contributed by atoms with E-state index < -0.39 is 17.5 Å². The lowest BCUT2D eigenvalue weighted by molar-refractivity contribution is -0.138. The Morgan fingerprint density at radius 2 is 0.557 bits per heavy atom. The van der Waals surface area contributed by atoms with E-state index in [0.717, 1.165) is 57.9 Å². The quantitative estimate of drug-likeness (QED) is 0.0416. The van der Waals surface area contributed by atoms with E-state index in [4.69, 9.17) is 10.2 Å². The van der Waals surface area contributed by atoms with Gasteiger partial charge in [-0.05, 0) is 117 Å². The van der Waals surface area contributed by atoms with E-state index in [1.807, 2.05) is 0 Å². The first kappa shape index (κ1) is 59.3. The van der Waals surface area contributed by atoms with Crippen molar-refractivity contribution >= 4 is 11.9 Å². The summed E-state index contributed by atoms with van der Waals surface area (Å²) in [6.07, 6.45) is 63.5. The molecule has 0 aromatic carbocycles. The smallest absolute Gasteiger partial charge is 0.303 e. The van der Waals surface area contributed by atoms with Crippen molar-refractivity contribution in [2.45, 2.75) is 295 Å². The van der Waals surface area contributed by atoms with Gasteiger partial charge in [0.05, 0.1) is 5.60 Å². The highest BCUT2D eigenvalue weighted by molar-refractivity contribution is 5.66. The van der Waals surface area contributed by atoms with Gasteiger partial charge >= 0.3 is 11.9 Å². The molecular weight excluding hydrogens is 755 g/mol. The molecule has 0 aromatic heterocycles. The molecule has 0 saturated heterocycles. The number of unbranched alkanes of at least 4 members (excludes halogenated alkanes) is 35. The average molecular weight is 860 g/mol. The van der Waals surface area contributed by atoms with Gasteiger partial charge in [-0.15, -0.1) is 0 Å². The number of nitrogens with zero attached hydrogens (tertiary/aromatic N) is 1. The van der Waals surface area contributed by atoms with Gasteiger partial charge < -0.3 is 20.2 Å². The van der Waals surface area contributed by atoms with Crippen molar-refractivity contribution < 1.29 is 24.9 Å². The lowest BCUT2D eigenvalue weighted by Gasteiger charge is -2.29. The number of carboxylic acids is 2. The monoisotopic (exact) mass is 860 g/mol. The molecule has 0 radical (unpaired) electrons. The molecule has 0 fully saturated rings. The molecule has 0 amide bonds.